The van der Waals surface area contributed by atoms with Crippen molar-refractivity contribution in [2.45, 2.75) is 24.9 Å². The van der Waals surface area contributed by atoms with Crippen LogP contribution in [0.5, 0.6) is 11.5 Å². The number of hydrogen-bond acceptors (Lipinski definition) is 3. The normalized spacial score (nSPS) is 14.8. The van der Waals surface area contributed by atoms with E-state index in [1.165, 1.54) is 16.7 Å². The highest BCUT2D eigenvalue weighted by atomic mass is 35.5. The van der Waals surface area contributed by atoms with Crippen molar-refractivity contribution in [2.75, 3.05) is 20.8 Å². The van der Waals surface area contributed by atoms with E-state index >= 15 is 0 Å². The molecule has 3 aromatic carbocycles. The minimum atomic E-state index is -0.0901. The van der Waals surface area contributed by atoms with Gasteiger partial charge in [0.15, 0.2) is 11.5 Å². The fourth-order valence-electron chi connectivity index (χ4n) is 4.16. The van der Waals surface area contributed by atoms with Crippen LogP contribution in [0.1, 0.15) is 16.7 Å². The number of alkyl halides is 1. The van der Waals surface area contributed by atoms with E-state index in [0.29, 0.717) is 10.8 Å². The van der Waals surface area contributed by atoms with E-state index in [1.54, 1.807) is 14.2 Å². The van der Waals surface area contributed by atoms with Gasteiger partial charge in [0, 0.05) is 35.7 Å². The van der Waals surface area contributed by atoms with Gasteiger partial charge in [-0.3, -0.25) is 4.90 Å². The lowest BCUT2D eigenvalue weighted by molar-refractivity contribution is 0.230. The maximum atomic E-state index is 6.87. The summed E-state index contributed by atoms with van der Waals surface area (Å²) in [6.45, 7) is 1.63. The van der Waals surface area contributed by atoms with Crippen LogP contribution in [0.3, 0.4) is 0 Å². The quantitative estimate of drug-likeness (QED) is 0.336. The van der Waals surface area contributed by atoms with Gasteiger partial charge in [-0.1, -0.05) is 60.1 Å². The first-order valence-electron chi connectivity index (χ1n) is 10.1. The number of rotatable bonds is 6. The summed E-state index contributed by atoms with van der Waals surface area (Å²) in [5.41, 5.74) is 5.54. The van der Waals surface area contributed by atoms with Crippen LogP contribution in [0.2, 0.25) is 5.02 Å². The van der Waals surface area contributed by atoms with Gasteiger partial charge in [0.05, 0.1) is 19.7 Å². The highest BCUT2D eigenvalue weighted by Crippen LogP contribution is 2.46. The Morgan fingerprint density at radius 2 is 1.73 bits per heavy atom. The monoisotopic (exact) mass is 441 g/mol. The minimum Gasteiger partial charge on any atom is -0.493 e. The Morgan fingerprint density at radius 3 is 2.43 bits per heavy atom. The Kier molecular flexibility index (Phi) is 6.52. The van der Waals surface area contributed by atoms with Crippen LogP contribution in [0.15, 0.2) is 60.7 Å². The van der Waals surface area contributed by atoms with Crippen molar-refractivity contribution in [2.24, 2.45) is 0 Å². The van der Waals surface area contributed by atoms with Gasteiger partial charge in [0.2, 0.25) is 0 Å². The molecule has 4 rings (SSSR count). The lowest BCUT2D eigenvalue weighted by atomic mass is 9.89. The number of hydrogen-bond donors (Lipinski definition) is 0. The van der Waals surface area contributed by atoms with Crippen molar-refractivity contribution in [3.8, 4) is 22.6 Å². The Morgan fingerprint density at radius 1 is 1.00 bits per heavy atom. The molecular weight excluding hydrogens is 417 g/mol. The van der Waals surface area contributed by atoms with Gasteiger partial charge in [-0.25, -0.2) is 0 Å². The molecule has 1 atom stereocenters. The molecule has 1 aliphatic rings. The lowest BCUT2D eigenvalue weighted by Crippen LogP contribution is -2.37. The van der Waals surface area contributed by atoms with Gasteiger partial charge >= 0.3 is 0 Å². The highest BCUT2D eigenvalue weighted by molar-refractivity contribution is 6.33. The third kappa shape index (κ3) is 4.15. The molecule has 0 saturated heterocycles. The number of ether oxygens (including phenoxy) is 2. The summed E-state index contributed by atoms with van der Waals surface area (Å²) in [5.74, 6) is 1.44. The zero-order chi connectivity index (χ0) is 21.1. The van der Waals surface area contributed by atoms with Crippen molar-refractivity contribution < 1.29 is 9.47 Å². The fourth-order valence-corrected chi connectivity index (χ4v) is 4.74. The summed E-state index contributed by atoms with van der Waals surface area (Å²) < 4.78 is 11.4. The van der Waals surface area contributed by atoms with Crippen molar-refractivity contribution in [1.29, 1.82) is 0 Å². The van der Waals surface area contributed by atoms with Crippen molar-refractivity contribution >= 4 is 23.2 Å². The predicted molar refractivity (Wildman–Crippen MR) is 124 cm³/mol. The highest BCUT2D eigenvalue weighted by Gasteiger charge is 2.29. The van der Waals surface area contributed by atoms with Crippen molar-refractivity contribution in [1.82, 2.24) is 4.90 Å². The molecule has 1 heterocycles. The molecule has 0 fully saturated rings. The zero-order valence-corrected chi connectivity index (χ0v) is 18.7. The molecule has 1 aliphatic heterocycles. The molecule has 30 heavy (non-hydrogen) atoms. The molecule has 5 heteroatoms. The molecule has 0 saturated carbocycles. The maximum Gasteiger partial charge on any atom is 0.168 e. The molecule has 1 unspecified atom stereocenters. The van der Waals surface area contributed by atoms with Crippen LogP contribution in [0, 0.1) is 0 Å². The molecule has 0 radical (unpaired) electrons. The van der Waals surface area contributed by atoms with Crippen LogP contribution in [-0.2, 0) is 19.4 Å². The smallest absolute Gasteiger partial charge is 0.168 e. The molecule has 3 aromatic rings. The average molecular weight is 442 g/mol. The van der Waals surface area contributed by atoms with Gasteiger partial charge in [0.25, 0.3) is 0 Å². The molecule has 156 valence electrons. The first-order chi connectivity index (χ1) is 14.6. The largest absolute Gasteiger partial charge is 0.493 e. The van der Waals surface area contributed by atoms with Crippen molar-refractivity contribution in [3.05, 3.63) is 82.4 Å². The second kappa shape index (κ2) is 9.30. The van der Waals surface area contributed by atoms with Gasteiger partial charge < -0.3 is 9.47 Å². The number of fused-ring (bicyclic) bond motifs is 1. The summed E-state index contributed by atoms with van der Waals surface area (Å²) in [6, 6.07) is 20.3. The molecule has 0 aliphatic carbocycles. The number of halogens is 2. The molecule has 0 spiro atoms. The molecule has 0 N–H and O–H groups in total. The van der Waals surface area contributed by atoms with E-state index in [2.05, 4.69) is 35.2 Å². The van der Waals surface area contributed by atoms with E-state index in [0.717, 1.165) is 42.8 Å². The SMILES string of the molecule is COc1cc2c(c(-c3ccccc3Cl)c1OC)CN(C(Cl)Cc1ccccc1)CC2. The van der Waals surface area contributed by atoms with Gasteiger partial charge in [-0.15, -0.1) is 11.6 Å². The third-order valence-corrected chi connectivity index (χ3v) is 6.45. The molecule has 0 amide bonds. The number of benzene rings is 3. The van der Waals surface area contributed by atoms with E-state index in [9.17, 15) is 0 Å². The van der Waals surface area contributed by atoms with E-state index in [4.69, 9.17) is 32.7 Å². The summed E-state index contributed by atoms with van der Waals surface area (Å²) >= 11 is 13.5. The van der Waals surface area contributed by atoms with E-state index in [-0.39, 0.29) is 5.50 Å². The lowest BCUT2D eigenvalue weighted by Gasteiger charge is -2.34. The predicted octanol–water partition coefficient (Wildman–Crippen LogP) is 6.19. The summed E-state index contributed by atoms with van der Waals surface area (Å²) in [5, 5.41) is 0.690. The third-order valence-electron chi connectivity index (χ3n) is 5.69. The van der Waals surface area contributed by atoms with Crippen LogP contribution in [0.25, 0.3) is 11.1 Å². The number of nitrogens with zero attached hydrogens (tertiary/aromatic N) is 1. The molecule has 3 nitrogen and oxygen atoms in total. The second-order valence-electron chi connectivity index (χ2n) is 7.45. The summed E-state index contributed by atoms with van der Waals surface area (Å²) in [6.07, 6.45) is 1.69. The molecular formula is C25H25Cl2NO2. The van der Waals surface area contributed by atoms with Gasteiger partial charge in [0.1, 0.15) is 0 Å². The van der Waals surface area contributed by atoms with Crippen LogP contribution >= 0.6 is 23.2 Å². The topological polar surface area (TPSA) is 21.7 Å². The fraction of sp³-hybridized carbons (Fsp3) is 0.280. The average Bonchev–Trinajstić information content (AvgIpc) is 2.78. The standard InChI is InChI=1S/C25H25Cl2NO2/c1-29-22-15-18-12-13-28(23(27)14-17-8-4-3-5-9-17)16-20(18)24(25(22)30-2)19-10-6-7-11-21(19)26/h3-11,15,23H,12-14,16H2,1-2H3. The van der Waals surface area contributed by atoms with E-state index < -0.39 is 0 Å². The van der Waals surface area contributed by atoms with Crippen molar-refractivity contribution in [3.63, 3.8) is 0 Å². The summed E-state index contributed by atoms with van der Waals surface area (Å²) in [7, 11) is 3.34. The van der Waals surface area contributed by atoms with Crippen LogP contribution < -0.4 is 9.47 Å². The molecule has 0 bridgehead atoms. The Labute approximate surface area is 188 Å². The van der Waals surface area contributed by atoms with Crippen LogP contribution in [-0.4, -0.2) is 31.2 Å². The van der Waals surface area contributed by atoms with E-state index in [1.807, 2.05) is 30.3 Å². The second-order valence-corrected chi connectivity index (χ2v) is 8.36. The first-order valence-corrected chi connectivity index (χ1v) is 10.9. The Balaban J connectivity index is 1.74. The zero-order valence-electron chi connectivity index (χ0n) is 17.2. The van der Waals surface area contributed by atoms with Gasteiger partial charge in [-0.2, -0.15) is 0 Å². The Hall–Kier alpha value is -2.20. The van der Waals surface area contributed by atoms with Crippen LogP contribution in [0.4, 0.5) is 0 Å². The number of methoxy groups -OCH3 is 2. The first kappa shape index (κ1) is 21.0. The Bertz CT molecular complexity index is 1020. The van der Waals surface area contributed by atoms with Gasteiger partial charge in [-0.05, 0) is 35.2 Å². The summed E-state index contributed by atoms with van der Waals surface area (Å²) in [4.78, 5) is 2.32. The molecule has 0 aromatic heterocycles. The maximum absolute atomic E-state index is 6.87. The minimum absolute atomic E-state index is 0.0901.